The van der Waals surface area contributed by atoms with E-state index < -0.39 is 12.0 Å². The summed E-state index contributed by atoms with van der Waals surface area (Å²) in [5.41, 5.74) is 0. The smallest absolute Gasteiger partial charge is 0.329 e. The second kappa shape index (κ2) is 3.38. The van der Waals surface area contributed by atoms with Crippen LogP contribution in [0.25, 0.3) is 0 Å². The van der Waals surface area contributed by atoms with Gasteiger partial charge in [0.1, 0.15) is 6.04 Å². The van der Waals surface area contributed by atoms with Gasteiger partial charge in [-0.3, -0.25) is 4.79 Å². The Morgan fingerprint density at radius 3 is 2.92 bits per heavy atom. The fourth-order valence-electron chi connectivity index (χ4n) is 1.08. The van der Waals surface area contributed by atoms with Gasteiger partial charge in [-0.25, -0.2) is 4.79 Å². The summed E-state index contributed by atoms with van der Waals surface area (Å²) in [5.74, 6) is -0.964. The summed E-state index contributed by atoms with van der Waals surface area (Å²) in [6.45, 7) is 5.51. The van der Waals surface area contributed by atoms with Crippen molar-refractivity contribution in [1.29, 1.82) is 0 Å². The van der Waals surface area contributed by atoms with E-state index in [2.05, 4.69) is 11.9 Å². The van der Waals surface area contributed by atoms with E-state index in [4.69, 9.17) is 4.74 Å². The number of ether oxygens (including phenoxy) is 1. The third-order valence-corrected chi connectivity index (χ3v) is 1.75. The Bertz CT molecular complexity index is 224. The molecule has 0 saturated carbocycles. The zero-order valence-corrected chi connectivity index (χ0v) is 6.87. The van der Waals surface area contributed by atoms with E-state index in [9.17, 15) is 9.59 Å². The number of hydrogen-bond acceptors (Lipinski definition) is 3. The van der Waals surface area contributed by atoms with Crippen molar-refractivity contribution in [1.82, 2.24) is 5.32 Å². The van der Waals surface area contributed by atoms with Gasteiger partial charge in [0.2, 0.25) is 5.91 Å². The molecule has 1 rings (SSSR count). The van der Waals surface area contributed by atoms with Gasteiger partial charge in [-0.15, -0.1) is 6.58 Å². The number of carbonyl (C=O) groups excluding carboxylic acids is 2. The lowest BCUT2D eigenvalue weighted by Gasteiger charge is -2.32. The average molecular weight is 169 g/mol. The van der Waals surface area contributed by atoms with Crippen molar-refractivity contribution in [3.63, 3.8) is 0 Å². The molecule has 1 amide bonds. The van der Waals surface area contributed by atoms with Gasteiger partial charge in [0, 0.05) is 0 Å². The predicted octanol–water partition coefficient (Wildman–Crippen LogP) is -0.150. The molecular formula is C8H11NO3. The molecule has 1 fully saturated rings. The third kappa shape index (κ3) is 1.32. The Morgan fingerprint density at radius 1 is 1.83 bits per heavy atom. The molecule has 0 bridgehead atoms. The molecule has 1 heterocycles. The van der Waals surface area contributed by atoms with Crippen LogP contribution >= 0.6 is 0 Å². The number of carbonyl (C=O) groups is 2. The lowest BCUT2D eigenvalue weighted by molar-refractivity contribution is -0.155. The number of β-lactam (4-membered cyclic amide) rings is 1. The van der Waals surface area contributed by atoms with Crippen LogP contribution in [0.15, 0.2) is 12.7 Å². The van der Waals surface area contributed by atoms with Gasteiger partial charge in [0.25, 0.3) is 0 Å². The van der Waals surface area contributed by atoms with E-state index in [-0.39, 0.29) is 11.9 Å². The van der Waals surface area contributed by atoms with Crippen LogP contribution in [0.1, 0.15) is 6.92 Å². The molecule has 0 aromatic rings. The molecule has 4 nitrogen and oxygen atoms in total. The molecule has 0 aromatic heterocycles. The summed E-state index contributed by atoms with van der Waals surface area (Å²) >= 11 is 0. The Balaban J connectivity index is 2.49. The quantitative estimate of drug-likeness (QED) is 0.363. The number of esters is 1. The first-order valence-corrected chi connectivity index (χ1v) is 3.80. The molecule has 66 valence electrons. The van der Waals surface area contributed by atoms with Gasteiger partial charge in [-0.05, 0) is 6.92 Å². The first-order valence-electron chi connectivity index (χ1n) is 3.80. The molecule has 0 radical (unpaired) electrons. The van der Waals surface area contributed by atoms with Gasteiger partial charge in [0.05, 0.1) is 12.5 Å². The highest BCUT2D eigenvalue weighted by Gasteiger charge is 2.42. The van der Waals surface area contributed by atoms with Crippen molar-refractivity contribution in [2.24, 2.45) is 5.92 Å². The SMILES string of the molecule is C=CC1C(=O)NC1C(=O)OCC. The first kappa shape index (κ1) is 8.77. The molecule has 1 N–H and O–H groups in total. The summed E-state index contributed by atoms with van der Waals surface area (Å²) in [4.78, 5) is 21.8. The molecular weight excluding hydrogens is 158 g/mol. The molecule has 0 spiro atoms. The van der Waals surface area contributed by atoms with Crippen LogP contribution in [0.4, 0.5) is 0 Å². The summed E-state index contributed by atoms with van der Waals surface area (Å²) in [7, 11) is 0. The Labute approximate surface area is 70.6 Å². The number of hydrogen-bond donors (Lipinski definition) is 1. The minimum absolute atomic E-state index is 0.164. The van der Waals surface area contributed by atoms with Gasteiger partial charge in [0.15, 0.2) is 0 Å². The zero-order chi connectivity index (χ0) is 9.14. The molecule has 12 heavy (non-hydrogen) atoms. The van der Waals surface area contributed by atoms with Crippen LogP contribution in [0.5, 0.6) is 0 Å². The second-order valence-corrected chi connectivity index (χ2v) is 2.50. The zero-order valence-electron chi connectivity index (χ0n) is 6.87. The normalized spacial score (nSPS) is 26.9. The summed E-state index contributed by atoms with van der Waals surface area (Å²) in [6.07, 6.45) is 1.46. The van der Waals surface area contributed by atoms with Crippen molar-refractivity contribution in [3.8, 4) is 0 Å². The maximum atomic E-state index is 11.1. The van der Waals surface area contributed by atoms with Gasteiger partial charge < -0.3 is 10.1 Å². The minimum atomic E-state index is -0.519. The van der Waals surface area contributed by atoms with E-state index in [1.54, 1.807) is 6.92 Å². The standard InChI is InChI=1S/C8H11NO3/c1-3-5-6(9-7(5)10)8(11)12-4-2/h3,5-6H,1,4H2,2H3,(H,9,10). The third-order valence-electron chi connectivity index (χ3n) is 1.75. The highest BCUT2D eigenvalue weighted by Crippen LogP contribution is 2.16. The minimum Gasteiger partial charge on any atom is -0.464 e. The van der Waals surface area contributed by atoms with E-state index in [0.717, 1.165) is 0 Å². The maximum absolute atomic E-state index is 11.1. The van der Waals surface area contributed by atoms with Gasteiger partial charge in [-0.2, -0.15) is 0 Å². The molecule has 2 atom stereocenters. The molecule has 1 saturated heterocycles. The summed E-state index contributed by atoms with van der Waals surface area (Å²) < 4.78 is 4.72. The number of amides is 1. The lowest BCUT2D eigenvalue weighted by Crippen LogP contribution is -2.61. The number of rotatable bonds is 3. The van der Waals surface area contributed by atoms with Crippen LogP contribution in [0, 0.1) is 5.92 Å². The van der Waals surface area contributed by atoms with E-state index in [1.807, 2.05) is 0 Å². The molecule has 0 aromatic carbocycles. The fraction of sp³-hybridized carbons (Fsp3) is 0.500. The number of nitrogens with one attached hydrogen (secondary N) is 1. The molecule has 0 aliphatic carbocycles. The lowest BCUT2D eigenvalue weighted by atomic mass is 9.91. The molecule has 1 aliphatic rings. The fourth-order valence-corrected chi connectivity index (χ4v) is 1.08. The van der Waals surface area contributed by atoms with Crippen molar-refractivity contribution >= 4 is 11.9 Å². The highest BCUT2D eigenvalue weighted by molar-refractivity contribution is 5.98. The van der Waals surface area contributed by atoms with Crippen LogP contribution in [0.2, 0.25) is 0 Å². The second-order valence-electron chi connectivity index (χ2n) is 2.50. The monoisotopic (exact) mass is 169 g/mol. The highest BCUT2D eigenvalue weighted by atomic mass is 16.5. The first-order chi connectivity index (χ1) is 5.70. The topological polar surface area (TPSA) is 55.4 Å². The van der Waals surface area contributed by atoms with E-state index in [1.165, 1.54) is 6.08 Å². The Morgan fingerprint density at radius 2 is 2.50 bits per heavy atom. The predicted molar refractivity (Wildman–Crippen MR) is 42.3 cm³/mol. The van der Waals surface area contributed by atoms with Crippen LogP contribution in [-0.2, 0) is 14.3 Å². The van der Waals surface area contributed by atoms with E-state index in [0.29, 0.717) is 6.61 Å². The van der Waals surface area contributed by atoms with Crippen molar-refractivity contribution in [2.75, 3.05) is 6.61 Å². The van der Waals surface area contributed by atoms with Crippen molar-refractivity contribution < 1.29 is 14.3 Å². The Hall–Kier alpha value is -1.32. The molecule has 4 heteroatoms. The van der Waals surface area contributed by atoms with Gasteiger partial charge in [-0.1, -0.05) is 6.08 Å². The van der Waals surface area contributed by atoms with Crippen LogP contribution in [-0.4, -0.2) is 24.5 Å². The van der Waals surface area contributed by atoms with Gasteiger partial charge >= 0.3 is 5.97 Å². The maximum Gasteiger partial charge on any atom is 0.329 e. The van der Waals surface area contributed by atoms with E-state index >= 15 is 0 Å². The summed E-state index contributed by atoms with van der Waals surface area (Å²) in [5, 5.41) is 2.44. The van der Waals surface area contributed by atoms with Crippen LogP contribution < -0.4 is 5.32 Å². The average Bonchev–Trinajstić information content (AvgIpc) is 2.01. The van der Waals surface area contributed by atoms with Crippen LogP contribution in [0.3, 0.4) is 0 Å². The largest absolute Gasteiger partial charge is 0.464 e. The molecule has 2 unspecified atom stereocenters. The van der Waals surface area contributed by atoms with Crippen molar-refractivity contribution in [2.45, 2.75) is 13.0 Å². The summed E-state index contributed by atoms with van der Waals surface area (Å²) in [6, 6.07) is -0.519. The van der Waals surface area contributed by atoms with Crippen molar-refractivity contribution in [3.05, 3.63) is 12.7 Å². The molecule has 1 aliphatic heterocycles. The Kier molecular flexibility index (Phi) is 2.47.